The smallest absolute Gasteiger partial charge is 0.248 e. The van der Waals surface area contributed by atoms with Crippen molar-refractivity contribution >= 4 is 51.5 Å². The Balaban J connectivity index is 0.000000279. The van der Waals surface area contributed by atoms with E-state index in [0.29, 0.717) is 6.54 Å². The Morgan fingerprint density at radius 3 is 2.76 bits per heavy atom. The van der Waals surface area contributed by atoms with E-state index < -0.39 is 11.7 Å². The zero-order valence-corrected chi connectivity index (χ0v) is 21.9. The van der Waals surface area contributed by atoms with E-state index in [1.807, 2.05) is 48.8 Å². The van der Waals surface area contributed by atoms with Gasteiger partial charge in [0.25, 0.3) is 0 Å². The number of nitriles is 1. The lowest BCUT2D eigenvalue weighted by molar-refractivity contribution is 0.1000. The van der Waals surface area contributed by atoms with Crippen LogP contribution in [0.4, 0.5) is 4.39 Å². The summed E-state index contributed by atoms with van der Waals surface area (Å²) in [5.41, 5.74) is 8.83. The van der Waals surface area contributed by atoms with Gasteiger partial charge in [-0.2, -0.15) is 5.26 Å². The number of halogens is 2. The highest BCUT2D eigenvalue weighted by Crippen LogP contribution is 2.27. The van der Waals surface area contributed by atoms with Crippen molar-refractivity contribution in [2.24, 2.45) is 5.73 Å². The predicted octanol–water partition coefficient (Wildman–Crippen LogP) is 6.52. The van der Waals surface area contributed by atoms with Crippen molar-refractivity contribution in [2.45, 2.75) is 13.5 Å². The van der Waals surface area contributed by atoms with Gasteiger partial charge in [0.2, 0.25) is 5.91 Å². The van der Waals surface area contributed by atoms with Crippen molar-refractivity contribution in [3.05, 3.63) is 111 Å². The Morgan fingerprint density at radius 1 is 1.37 bits per heavy atom. The molecule has 0 aliphatic carbocycles. The van der Waals surface area contributed by atoms with Gasteiger partial charge in [-0.1, -0.05) is 36.4 Å². The Bertz CT molecular complexity index is 1630. The van der Waals surface area contributed by atoms with Gasteiger partial charge in [-0.05, 0) is 43.3 Å². The molecule has 2 aromatic heterocycles. The molecule has 4 aromatic rings. The van der Waals surface area contributed by atoms with Crippen LogP contribution < -0.4 is 5.73 Å². The lowest BCUT2D eigenvalue weighted by atomic mass is 10.1. The van der Waals surface area contributed by atoms with Crippen molar-refractivity contribution in [1.82, 2.24) is 9.55 Å². The zero-order chi connectivity index (χ0) is 27.8. The lowest BCUT2D eigenvalue weighted by Crippen LogP contribution is -2.10. The van der Waals surface area contributed by atoms with Crippen LogP contribution >= 0.6 is 22.9 Å². The predicted molar refractivity (Wildman–Crippen MR) is 150 cm³/mol. The fourth-order valence-electron chi connectivity index (χ4n) is 3.46. The number of rotatable bonds is 7. The van der Waals surface area contributed by atoms with Crippen LogP contribution in [0.2, 0.25) is 0 Å². The maximum Gasteiger partial charge on any atom is 0.248 e. The topological polar surface area (TPSA) is 129 Å². The number of carbonyl (C=O) groups is 1. The van der Waals surface area contributed by atoms with Crippen LogP contribution in [0.5, 0.6) is 5.75 Å². The number of hydrogen-bond acceptors (Lipinski definition) is 6. The summed E-state index contributed by atoms with van der Waals surface area (Å²) in [6, 6.07) is 13.5. The average Bonchev–Trinajstić information content (AvgIpc) is 3.55. The molecule has 0 aliphatic heterocycles. The third kappa shape index (κ3) is 6.62. The van der Waals surface area contributed by atoms with E-state index in [1.165, 1.54) is 41.8 Å². The van der Waals surface area contributed by atoms with Gasteiger partial charge in [-0.3, -0.25) is 4.79 Å². The summed E-state index contributed by atoms with van der Waals surface area (Å²) < 4.78 is 15.2. The second-order valence-corrected chi connectivity index (χ2v) is 9.13. The van der Waals surface area contributed by atoms with E-state index >= 15 is 0 Å². The van der Waals surface area contributed by atoms with Gasteiger partial charge in [0.1, 0.15) is 22.7 Å². The Hall–Kier alpha value is -4.52. The molecule has 192 valence electrons. The molecule has 0 atom stereocenters. The number of thiazole rings is 1. The van der Waals surface area contributed by atoms with Crippen molar-refractivity contribution in [1.29, 1.82) is 10.7 Å². The van der Waals surface area contributed by atoms with Crippen molar-refractivity contribution < 1.29 is 14.3 Å². The molecule has 1 amide bonds. The van der Waals surface area contributed by atoms with Gasteiger partial charge in [0.15, 0.2) is 0 Å². The molecule has 38 heavy (non-hydrogen) atoms. The minimum absolute atomic E-state index is 0.0228. The lowest BCUT2D eigenvalue weighted by Gasteiger charge is -2.04. The first kappa shape index (κ1) is 28.1. The van der Waals surface area contributed by atoms with Gasteiger partial charge in [-0.25, -0.2) is 9.37 Å². The average molecular weight is 548 g/mol. The van der Waals surface area contributed by atoms with E-state index in [4.69, 9.17) is 33.1 Å². The van der Waals surface area contributed by atoms with Crippen molar-refractivity contribution in [2.75, 3.05) is 0 Å². The van der Waals surface area contributed by atoms with Crippen LogP contribution in [0.25, 0.3) is 16.5 Å². The number of nitrogens with two attached hydrogens (primary N) is 1. The number of nitrogens with one attached hydrogen (secondary N) is 1. The Morgan fingerprint density at radius 2 is 2.13 bits per heavy atom. The third-order valence-corrected chi connectivity index (χ3v) is 6.64. The highest BCUT2D eigenvalue weighted by atomic mass is 35.5. The number of phenolic OH excluding ortho intramolecular Hbond substituents is 1. The number of fused-ring (bicyclic) bond motifs is 1. The fraction of sp³-hybridized carbons (Fsp3) is 0.0714. The summed E-state index contributed by atoms with van der Waals surface area (Å²) in [4.78, 5) is 15.3. The molecular weight excluding hydrogens is 525 g/mol. The molecule has 0 saturated carbocycles. The number of nitrogens with zero attached hydrogens (tertiary/aromatic N) is 3. The van der Waals surface area contributed by atoms with Gasteiger partial charge >= 0.3 is 0 Å². The molecule has 2 heterocycles. The molecule has 0 bridgehead atoms. The standard InChI is InChI=1S/C20H17ClFN3S.C8H6N2O2/c1-3-14(9-18(21)13(2)22)20-24-16(12-26-20)11-25-8-7-17-15(10-23)5-4-6-19(17)25;9-4-6-3-5(8(10)12)1-2-7(6)11/h3-10,12,23H,2,11H2,1H3;1-3,11H,(H2,10,12)/b14-3+,18-9+,23-10?;. The molecule has 7 nitrogen and oxygen atoms in total. The first-order chi connectivity index (χ1) is 18.2. The number of aromatic nitrogens is 2. The van der Waals surface area contributed by atoms with E-state index in [9.17, 15) is 9.18 Å². The SMILES string of the molecule is C=C(F)/C(Cl)=C\C(=C/C)c1nc(Cn2ccc3c(C=N)cccc32)cs1.N#Cc1cc(C(N)=O)ccc1O. The molecule has 0 spiro atoms. The van der Waals surface area contributed by atoms with Gasteiger partial charge in [-0.15, -0.1) is 11.3 Å². The highest BCUT2D eigenvalue weighted by Gasteiger charge is 2.10. The monoisotopic (exact) mass is 547 g/mol. The second-order valence-electron chi connectivity index (χ2n) is 7.86. The molecule has 0 saturated heterocycles. The first-order valence-corrected chi connectivity index (χ1v) is 12.4. The minimum Gasteiger partial charge on any atom is -0.507 e. The van der Waals surface area contributed by atoms with Crippen LogP contribution in [0.15, 0.2) is 83.6 Å². The van der Waals surface area contributed by atoms with Crippen LogP contribution in [-0.4, -0.2) is 26.8 Å². The van der Waals surface area contributed by atoms with E-state index in [2.05, 4.69) is 16.1 Å². The summed E-state index contributed by atoms with van der Waals surface area (Å²) in [6.07, 6.45) is 6.74. The number of carbonyl (C=O) groups excluding carboxylic acids is 1. The van der Waals surface area contributed by atoms with E-state index in [-0.39, 0.29) is 21.9 Å². The fourth-order valence-corrected chi connectivity index (χ4v) is 4.44. The van der Waals surface area contributed by atoms with E-state index in [0.717, 1.165) is 32.7 Å². The minimum atomic E-state index is -0.663. The maximum absolute atomic E-state index is 13.1. The zero-order valence-electron chi connectivity index (χ0n) is 20.3. The molecule has 0 fully saturated rings. The summed E-state index contributed by atoms with van der Waals surface area (Å²) in [5, 5.41) is 28.8. The molecule has 10 heteroatoms. The molecular formula is C28H23ClFN5O2S. The number of aromatic hydroxyl groups is 1. The molecule has 2 aromatic carbocycles. The number of benzene rings is 2. The van der Waals surface area contributed by atoms with Crippen LogP contribution in [0, 0.1) is 16.7 Å². The summed E-state index contributed by atoms with van der Waals surface area (Å²) in [6.45, 7) is 5.68. The quantitative estimate of drug-likeness (QED) is 0.180. The highest BCUT2D eigenvalue weighted by molar-refractivity contribution is 7.10. The van der Waals surface area contributed by atoms with Crippen molar-refractivity contribution in [3.8, 4) is 11.8 Å². The molecule has 4 N–H and O–H groups in total. The van der Waals surface area contributed by atoms with Crippen molar-refractivity contribution in [3.63, 3.8) is 0 Å². The normalized spacial score (nSPS) is 11.4. The van der Waals surface area contributed by atoms with Crippen LogP contribution in [0.1, 0.15) is 39.1 Å². The molecule has 0 radical (unpaired) electrons. The van der Waals surface area contributed by atoms with Crippen LogP contribution in [0.3, 0.4) is 0 Å². The largest absolute Gasteiger partial charge is 0.507 e. The van der Waals surface area contributed by atoms with E-state index in [1.54, 1.807) is 6.07 Å². The molecule has 0 unspecified atom stereocenters. The van der Waals surface area contributed by atoms with Gasteiger partial charge in [0.05, 0.1) is 22.8 Å². The number of phenols is 1. The summed E-state index contributed by atoms with van der Waals surface area (Å²) in [7, 11) is 0. The van der Waals surface area contributed by atoms with Gasteiger partial charge < -0.3 is 20.8 Å². The number of amides is 1. The third-order valence-electron chi connectivity index (χ3n) is 5.39. The number of primary amides is 1. The molecule has 4 rings (SSSR count). The Labute approximate surface area is 227 Å². The maximum atomic E-state index is 13.1. The second kappa shape index (κ2) is 12.6. The molecule has 0 aliphatic rings. The van der Waals surface area contributed by atoms with Gasteiger partial charge in [0, 0.05) is 45.4 Å². The Kier molecular flexibility index (Phi) is 9.33. The number of allylic oxidation sites excluding steroid dienone is 5. The van der Waals surface area contributed by atoms with Crippen LogP contribution in [-0.2, 0) is 6.54 Å². The summed E-state index contributed by atoms with van der Waals surface area (Å²) in [5.74, 6) is -1.43. The summed E-state index contributed by atoms with van der Waals surface area (Å²) >= 11 is 7.34. The first-order valence-electron chi connectivity index (χ1n) is 11.1. The number of hydrogen-bond donors (Lipinski definition) is 3.